The van der Waals surface area contributed by atoms with E-state index >= 15 is 0 Å². The first-order chi connectivity index (χ1) is 13.4. The molecule has 3 atom stereocenters. The molecule has 0 aliphatic carbocycles. The van der Waals surface area contributed by atoms with Gasteiger partial charge in [-0.3, -0.25) is 0 Å². The van der Waals surface area contributed by atoms with E-state index in [0.29, 0.717) is 19.7 Å². The highest BCUT2D eigenvalue weighted by atomic mass is 32.2. The highest BCUT2D eigenvalue weighted by molar-refractivity contribution is 7.90. The van der Waals surface area contributed by atoms with Gasteiger partial charge in [0.25, 0.3) is 0 Å². The maximum absolute atomic E-state index is 13.3. The molecule has 1 aromatic rings. The fourth-order valence-corrected chi connectivity index (χ4v) is 6.30. The lowest BCUT2D eigenvalue weighted by Crippen LogP contribution is -2.51. The van der Waals surface area contributed by atoms with Crippen LogP contribution in [-0.2, 0) is 22.7 Å². The third-order valence-electron chi connectivity index (χ3n) is 6.19. The summed E-state index contributed by atoms with van der Waals surface area (Å²) in [4.78, 5) is 14.5. The second kappa shape index (κ2) is 8.12. The van der Waals surface area contributed by atoms with E-state index in [2.05, 4.69) is 25.1 Å². The zero-order valence-corrected chi connectivity index (χ0v) is 19.6. The lowest BCUT2D eigenvalue weighted by molar-refractivity contribution is 0.0951. The quantitative estimate of drug-likeness (QED) is 0.668. The number of hydrogen-bond acceptors (Lipinski definition) is 4. The predicted octanol–water partition coefficient (Wildman–Crippen LogP) is 4.60. The summed E-state index contributed by atoms with van der Waals surface area (Å²) in [7, 11) is 0. The molecular formula is C23H36N2O3S. The molecule has 2 saturated heterocycles. The number of hydrogen-bond donors (Lipinski definition) is 0. The Hall–Kier alpha value is -1.24. The Morgan fingerprint density at radius 3 is 2.48 bits per heavy atom. The topological polar surface area (TPSA) is 55.8 Å². The molecule has 3 rings (SSSR count). The number of ether oxygens (including phenoxy) is 1. The number of benzene rings is 1. The minimum atomic E-state index is -1.06. The van der Waals surface area contributed by atoms with Gasteiger partial charge < -0.3 is 14.2 Å². The van der Waals surface area contributed by atoms with E-state index in [-0.39, 0.29) is 27.7 Å². The van der Waals surface area contributed by atoms with Crippen molar-refractivity contribution < 1.29 is 14.1 Å². The number of rotatable bonds is 4. The largest absolute Gasteiger partial charge is 0.597 e. The third-order valence-corrected chi connectivity index (χ3v) is 8.04. The van der Waals surface area contributed by atoms with Crippen molar-refractivity contribution in [3.8, 4) is 0 Å². The van der Waals surface area contributed by atoms with Crippen LogP contribution in [0.1, 0.15) is 59.9 Å². The summed E-state index contributed by atoms with van der Waals surface area (Å²) in [5.74, 6) is 0. The van der Waals surface area contributed by atoms with E-state index in [1.807, 2.05) is 56.0 Å². The van der Waals surface area contributed by atoms with Gasteiger partial charge in [0.2, 0.25) is 0 Å². The van der Waals surface area contributed by atoms with Crippen molar-refractivity contribution >= 4 is 17.5 Å². The molecule has 1 amide bonds. The zero-order chi connectivity index (χ0) is 21.4. The maximum Gasteiger partial charge on any atom is 0.410 e. The molecule has 162 valence electrons. The molecule has 2 fully saturated rings. The van der Waals surface area contributed by atoms with Gasteiger partial charge in [0.15, 0.2) is 0 Å². The van der Waals surface area contributed by atoms with Crippen molar-refractivity contribution in [3.05, 3.63) is 35.9 Å². The van der Waals surface area contributed by atoms with E-state index < -0.39 is 11.4 Å². The van der Waals surface area contributed by atoms with Gasteiger partial charge in [-0.25, -0.2) is 4.79 Å². The number of carbonyl (C=O) groups is 1. The van der Waals surface area contributed by atoms with E-state index in [0.717, 1.165) is 24.9 Å². The molecule has 0 N–H and O–H groups in total. The van der Waals surface area contributed by atoms with Crippen LogP contribution in [0.5, 0.6) is 0 Å². The molecule has 5 nitrogen and oxygen atoms in total. The first kappa shape index (κ1) is 22.4. The summed E-state index contributed by atoms with van der Waals surface area (Å²) in [6, 6.07) is 9.96. The smallest absolute Gasteiger partial charge is 0.410 e. The Morgan fingerprint density at radius 2 is 1.86 bits per heavy atom. The molecule has 0 aromatic heterocycles. The van der Waals surface area contributed by atoms with Gasteiger partial charge in [0.05, 0.1) is 6.04 Å². The summed E-state index contributed by atoms with van der Waals surface area (Å²) in [5.41, 5.74) is 1.03. The molecule has 0 spiro atoms. The van der Waals surface area contributed by atoms with Crippen LogP contribution in [-0.4, -0.2) is 50.3 Å². The first-order valence-corrected chi connectivity index (χ1v) is 11.7. The molecule has 2 aliphatic heterocycles. The minimum absolute atomic E-state index is 0.0829. The Balaban J connectivity index is 1.67. The number of nitrogens with zero attached hydrogens (tertiary/aromatic N) is 2. The Bertz CT molecular complexity index is 719. The lowest BCUT2D eigenvalue weighted by Gasteiger charge is -2.40. The summed E-state index contributed by atoms with van der Waals surface area (Å²) in [6.45, 7) is 15.3. The highest BCUT2D eigenvalue weighted by Crippen LogP contribution is 2.48. The Kier molecular flexibility index (Phi) is 6.29. The SMILES string of the molecule is CC1(C)C[C@@H]([C@]2(C)CCN(C(=O)OCc3ccccc3)C2)N([S+]([O-])C(C)(C)C)C1. The summed E-state index contributed by atoms with van der Waals surface area (Å²) in [6.07, 6.45) is 1.66. The normalized spacial score (nSPS) is 28.5. The van der Waals surface area contributed by atoms with E-state index in [1.165, 1.54) is 0 Å². The molecule has 0 saturated carbocycles. The monoisotopic (exact) mass is 420 g/mol. The highest BCUT2D eigenvalue weighted by Gasteiger charge is 2.56. The molecule has 2 heterocycles. The average molecular weight is 421 g/mol. The molecule has 0 bridgehead atoms. The van der Waals surface area contributed by atoms with Gasteiger partial charge in [-0.15, -0.1) is 4.31 Å². The van der Waals surface area contributed by atoms with E-state index in [1.54, 1.807) is 0 Å². The molecular weight excluding hydrogens is 384 g/mol. The van der Waals surface area contributed by atoms with Crippen molar-refractivity contribution in [2.45, 2.75) is 71.8 Å². The summed E-state index contributed by atoms with van der Waals surface area (Å²) < 4.78 is 20.7. The van der Waals surface area contributed by atoms with Gasteiger partial charge in [-0.2, -0.15) is 0 Å². The Morgan fingerprint density at radius 1 is 1.21 bits per heavy atom. The van der Waals surface area contributed by atoms with Crippen molar-refractivity contribution in [2.75, 3.05) is 19.6 Å². The molecule has 1 unspecified atom stereocenters. The molecule has 29 heavy (non-hydrogen) atoms. The van der Waals surface area contributed by atoms with Crippen LogP contribution < -0.4 is 0 Å². The van der Waals surface area contributed by atoms with Gasteiger partial charge in [-0.05, 0) is 44.6 Å². The summed E-state index contributed by atoms with van der Waals surface area (Å²) in [5, 5.41) is 0. The van der Waals surface area contributed by atoms with Crippen molar-refractivity contribution in [3.63, 3.8) is 0 Å². The van der Waals surface area contributed by atoms with Gasteiger partial charge in [-0.1, -0.05) is 51.1 Å². The van der Waals surface area contributed by atoms with Crippen LogP contribution in [0.3, 0.4) is 0 Å². The standard InChI is InChI=1S/C23H36N2O3S/c1-21(2,3)29(27)25-16-22(4,5)14-19(25)23(6)12-13-24(17-23)20(26)28-15-18-10-8-7-9-11-18/h7-11,19H,12-17H2,1-6H3/t19-,23+,29?/m0/s1. The third kappa shape index (κ3) is 5.09. The molecule has 6 heteroatoms. The average Bonchev–Trinajstić information content (AvgIpc) is 3.20. The second-order valence-corrected chi connectivity index (χ2v) is 12.9. The van der Waals surface area contributed by atoms with Crippen LogP contribution in [0.25, 0.3) is 0 Å². The van der Waals surface area contributed by atoms with Gasteiger partial charge >= 0.3 is 6.09 Å². The number of likely N-dealkylation sites (tertiary alicyclic amines) is 1. The fraction of sp³-hybridized carbons (Fsp3) is 0.696. The van der Waals surface area contributed by atoms with Crippen LogP contribution in [0.15, 0.2) is 30.3 Å². The first-order valence-electron chi connectivity index (χ1n) is 10.6. The molecule has 2 aliphatic rings. The van der Waals surface area contributed by atoms with Gasteiger partial charge in [0.1, 0.15) is 11.4 Å². The van der Waals surface area contributed by atoms with Crippen molar-refractivity contribution in [2.24, 2.45) is 10.8 Å². The van der Waals surface area contributed by atoms with Crippen LogP contribution in [0, 0.1) is 10.8 Å². The van der Waals surface area contributed by atoms with Crippen molar-refractivity contribution in [1.82, 2.24) is 9.21 Å². The zero-order valence-electron chi connectivity index (χ0n) is 18.7. The minimum Gasteiger partial charge on any atom is -0.597 e. The Labute approximate surface area is 179 Å². The van der Waals surface area contributed by atoms with E-state index in [4.69, 9.17) is 4.74 Å². The van der Waals surface area contributed by atoms with Gasteiger partial charge in [0, 0.05) is 36.4 Å². The fourth-order valence-electron chi connectivity index (χ4n) is 4.56. The summed E-state index contributed by atoms with van der Waals surface area (Å²) >= 11 is -1.06. The molecule has 0 radical (unpaired) electrons. The maximum atomic E-state index is 13.3. The number of amides is 1. The predicted molar refractivity (Wildman–Crippen MR) is 118 cm³/mol. The number of carbonyl (C=O) groups excluding carboxylic acids is 1. The van der Waals surface area contributed by atoms with Crippen molar-refractivity contribution in [1.29, 1.82) is 0 Å². The van der Waals surface area contributed by atoms with Crippen LogP contribution in [0.2, 0.25) is 0 Å². The van der Waals surface area contributed by atoms with E-state index in [9.17, 15) is 9.35 Å². The second-order valence-electron chi connectivity index (χ2n) is 10.7. The lowest BCUT2D eigenvalue weighted by atomic mass is 9.77. The molecule has 1 aromatic carbocycles. The van der Waals surface area contributed by atoms with Crippen LogP contribution >= 0.6 is 0 Å². The van der Waals surface area contributed by atoms with Crippen LogP contribution in [0.4, 0.5) is 4.79 Å².